The van der Waals surface area contributed by atoms with E-state index in [0.717, 1.165) is 41.3 Å². The van der Waals surface area contributed by atoms with Crippen LogP contribution in [0.3, 0.4) is 0 Å². The third-order valence-corrected chi connectivity index (χ3v) is 8.74. The van der Waals surface area contributed by atoms with E-state index in [1.807, 2.05) is 46.1 Å². The molecule has 2 aliphatic rings. The number of nitrogens with zero attached hydrogens (tertiary/aromatic N) is 4. The number of fused-ring (bicyclic) bond motifs is 1. The van der Waals surface area contributed by atoms with Gasteiger partial charge in [0.25, 0.3) is 5.91 Å². The molecule has 1 fully saturated rings. The number of aromatic nitrogens is 2. The highest BCUT2D eigenvalue weighted by molar-refractivity contribution is 7.15. The van der Waals surface area contributed by atoms with Crippen molar-refractivity contribution in [3.05, 3.63) is 88.6 Å². The summed E-state index contributed by atoms with van der Waals surface area (Å²) in [7, 11) is 2.18. The Morgan fingerprint density at radius 2 is 2.08 bits per heavy atom. The maximum Gasteiger partial charge on any atom is 0.254 e. The van der Waals surface area contributed by atoms with E-state index in [2.05, 4.69) is 48.2 Å². The smallest absolute Gasteiger partial charge is 0.254 e. The SMILES string of the molecule is Cc1ccc(-c2cc3c(c(OC[C@H]4CCCN(C)C4)c2)OCCN(C(=O)c2cccc(Cn4cccn4)c2)C3)s1. The van der Waals surface area contributed by atoms with Gasteiger partial charge >= 0.3 is 0 Å². The Bertz CT molecular complexity index is 1460. The minimum atomic E-state index is 0.00356. The molecule has 4 heterocycles. The normalized spacial score (nSPS) is 17.6. The number of piperidine rings is 1. The van der Waals surface area contributed by atoms with Crippen LogP contribution >= 0.6 is 11.3 Å². The van der Waals surface area contributed by atoms with Crippen molar-refractivity contribution >= 4 is 17.2 Å². The third-order valence-electron chi connectivity index (χ3n) is 7.69. The number of rotatable bonds is 7. The second-order valence-corrected chi connectivity index (χ2v) is 12.2. The molecule has 1 atom stereocenters. The van der Waals surface area contributed by atoms with Gasteiger partial charge in [-0.2, -0.15) is 5.10 Å². The van der Waals surface area contributed by atoms with E-state index in [0.29, 0.717) is 44.3 Å². The lowest BCUT2D eigenvalue weighted by molar-refractivity contribution is 0.0732. The van der Waals surface area contributed by atoms with Crippen LogP contribution in [0.2, 0.25) is 0 Å². The summed E-state index contributed by atoms with van der Waals surface area (Å²) in [6, 6.07) is 18.3. The van der Waals surface area contributed by atoms with Crippen LogP contribution in [0, 0.1) is 12.8 Å². The molecule has 2 aromatic heterocycles. The molecule has 1 amide bonds. The van der Waals surface area contributed by atoms with Gasteiger partial charge in [0.2, 0.25) is 0 Å². The number of hydrogen-bond donors (Lipinski definition) is 0. The van der Waals surface area contributed by atoms with Crippen molar-refractivity contribution in [3.63, 3.8) is 0 Å². The Kier molecular flexibility index (Phi) is 7.89. The molecule has 1 saturated heterocycles. The minimum absolute atomic E-state index is 0.00356. The fourth-order valence-electron chi connectivity index (χ4n) is 5.68. The number of thiophene rings is 1. The standard InChI is InChI=1S/C32H36N4O3S/c1-23-9-10-30(40-23)27-17-28-21-35(32(37)26-8-3-6-24(16-26)20-36-13-5-11-33-36)14-15-38-31(28)29(18-27)39-22-25-7-4-12-34(2)19-25/h3,5-6,8-11,13,16-18,25H,4,7,12,14-15,19-22H2,1-2H3/t25-/m0/s1. The molecule has 2 aromatic carbocycles. The number of amides is 1. The van der Waals surface area contributed by atoms with E-state index < -0.39 is 0 Å². The third kappa shape index (κ3) is 6.08. The van der Waals surface area contributed by atoms with Gasteiger partial charge in [-0.25, -0.2) is 0 Å². The summed E-state index contributed by atoms with van der Waals surface area (Å²) >= 11 is 1.77. The monoisotopic (exact) mass is 556 g/mol. The van der Waals surface area contributed by atoms with Crippen LogP contribution in [-0.4, -0.2) is 65.4 Å². The Morgan fingerprint density at radius 1 is 1.15 bits per heavy atom. The van der Waals surface area contributed by atoms with Gasteiger partial charge in [-0.15, -0.1) is 11.3 Å². The molecular weight excluding hydrogens is 520 g/mol. The summed E-state index contributed by atoms with van der Waals surface area (Å²) in [6.07, 6.45) is 6.07. The Labute approximate surface area is 239 Å². The van der Waals surface area contributed by atoms with E-state index in [4.69, 9.17) is 9.47 Å². The van der Waals surface area contributed by atoms with Gasteiger partial charge < -0.3 is 19.3 Å². The maximum atomic E-state index is 13.7. The molecule has 0 unspecified atom stereocenters. The summed E-state index contributed by atoms with van der Waals surface area (Å²) in [5.74, 6) is 2.05. The molecule has 8 heteroatoms. The highest BCUT2D eigenvalue weighted by Crippen LogP contribution is 2.41. The first-order valence-electron chi connectivity index (χ1n) is 14.1. The van der Waals surface area contributed by atoms with Crippen LogP contribution in [0.1, 0.15) is 39.2 Å². The molecule has 0 radical (unpaired) electrons. The van der Waals surface area contributed by atoms with Gasteiger partial charge in [-0.3, -0.25) is 9.48 Å². The molecule has 2 aliphatic heterocycles. The molecule has 7 nitrogen and oxygen atoms in total. The Morgan fingerprint density at radius 3 is 2.88 bits per heavy atom. The van der Waals surface area contributed by atoms with Crippen LogP contribution in [0.25, 0.3) is 10.4 Å². The summed E-state index contributed by atoms with van der Waals surface area (Å²) in [5.41, 5.74) is 3.81. The van der Waals surface area contributed by atoms with Gasteiger partial charge in [-0.1, -0.05) is 12.1 Å². The first-order valence-corrected chi connectivity index (χ1v) is 14.9. The second kappa shape index (κ2) is 11.9. The van der Waals surface area contributed by atoms with Crippen LogP contribution in [0.5, 0.6) is 11.5 Å². The molecule has 208 valence electrons. The minimum Gasteiger partial charge on any atom is -0.489 e. The fourth-order valence-corrected chi connectivity index (χ4v) is 6.53. The summed E-state index contributed by atoms with van der Waals surface area (Å²) < 4.78 is 14.7. The van der Waals surface area contributed by atoms with Crippen LogP contribution in [-0.2, 0) is 13.1 Å². The number of benzene rings is 2. The van der Waals surface area contributed by atoms with Gasteiger partial charge in [0, 0.05) is 52.3 Å². The number of aryl methyl sites for hydroxylation is 1. The van der Waals surface area contributed by atoms with Crippen molar-refractivity contribution in [1.82, 2.24) is 19.6 Å². The number of carbonyl (C=O) groups excluding carboxylic acids is 1. The molecule has 4 aromatic rings. The zero-order valence-corrected chi connectivity index (χ0v) is 24.0. The number of ether oxygens (including phenoxy) is 2. The van der Waals surface area contributed by atoms with E-state index in [-0.39, 0.29) is 5.91 Å². The van der Waals surface area contributed by atoms with Crippen molar-refractivity contribution in [2.45, 2.75) is 32.9 Å². The van der Waals surface area contributed by atoms with E-state index in [1.165, 1.54) is 22.6 Å². The highest BCUT2D eigenvalue weighted by atomic mass is 32.1. The molecule has 0 spiro atoms. The zero-order valence-electron chi connectivity index (χ0n) is 23.2. The van der Waals surface area contributed by atoms with Crippen molar-refractivity contribution < 1.29 is 14.3 Å². The lowest BCUT2D eigenvalue weighted by atomic mass is 9.99. The number of hydrogen-bond acceptors (Lipinski definition) is 6. The lowest BCUT2D eigenvalue weighted by Crippen LogP contribution is -2.34. The van der Waals surface area contributed by atoms with Crippen molar-refractivity contribution in [1.29, 1.82) is 0 Å². The maximum absolute atomic E-state index is 13.7. The van der Waals surface area contributed by atoms with E-state index in [1.54, 1.807) is 17.5 Å². The molecule has 40 heavy (non-hydrogen) atoms. The Hall–Kier alpha value is -3.62. The van der Waals surface area contributed by atoms with E-state index in [9.17, 15) is 4.79 Å². The average molecular weight is 557 g/mol. The second-order valence-electron chi connectivity index (χ2n) is 10.9. The quantitative estimate of drug-likeness (QED) is 0.291. The topological polar surface area (TPSA) is 59.8 Å². The molecule has 0 bridgehead atoms. The molecule has 0 saturated carbocycles. The summed E-state index contributed by atoms with van der Waals surface area (Å²) in [5, 5.41) is 4.30. The highest BCUT2D eigenvalue weighted by Gasteiger charge is 2.26. The first kappa shape index (κ1) is 26.6. The Balaban J connectivity index is 1.26. The van der Waals surface area contributed by atoms with Crippen molar-refractivity contribution in [2.24, 2.45) is 5.92 Å². The van der Waals surface area contributed by atoms with Gasteiger partial charge in [0.1, 0.15) is 6.61 Å². The molecular formula is C32H36N4O3S. The zero-order chi connectivity index (χ0) is 27.5. The summed E-state index contributed by atoms with van der Waals surface area (Å²) in [4.78, 5) is 20.5. The van der Waals surface area contributed by atoms with E-state index >= 15 is 0 Å². The van der Waals surface area contributed by atoms with Crippen molar-refractivity contribution in [2.75, 3.05) is 39.9 Å². The van der Waals surface area contributed by atoms with Crippen LogP contribution in [0.15, 0.2) is 67.0 Å². The first-order chi connectivity index (χ1) is 19.5. The van der Waals surface area contributed by atoms with Gasteiger partial charge in [0.15, 0.2) is 11.5 Å². The lowest BCUT2D eigenvalue weighted by Gasteiger charge is -2.29. The molecule has 0 aliphatic carbocycles. The molecule has 6 rings (SSSR count). The van der Waals surface area contributed by atoms with Crippen LogP contribution in [0.4, 0.5) is 0 Å². The van der Waals surface area contributed by atoms with Gasteiger partial charge in [-0.05, 0) is 86.9 Å². The largest absolute Gasteiger partial charge is 0.489 e. The fraction of sp³-hybridized carbons (Fsp3) is 0.375. The van der Waals surface area contributed by atoms with Crippen molar-refractivity contribution in [3.8, 4) is 21.9 Å². The van der Waals surface area contributed by atoms with Crippen LogP contribution < -0.4 is 9.47 Å². The number of carbonyl (C=O) groups is 1. The average Bonchev–Trinajstić information content (AvgIpc) is 3.58. The summed E-state index contributed by atoms with van der Waals surface area (Å²) in [6.45, 7) is 7.02. The van der Waals surface area contributed by atoms with Gasteiger partial charge in [0.05, 0.1) is 19.7 Å². The predicted octanol–water partition coefficient (Wildman–Crippen LogP) is 5.72. The number of likely N-dealkylation sites (tertiary alicyclic amines) is 1. The predicted molar refractivity (Wildman–Crippen MR) is 158 cm³/mol. The molecule has 0 N–H and O–H groups in total.